The van der Waals surface area contributed by atoms with Crippen molar-refractivity contribution in [2.45, 2.75) is 6.92 Å². The summed E-state index contributed by atoms with van der Waals surface area (Å²) in [5.41, 5.74) is 11.2. The smallest absolute Gasteiger partial charge is 0.305 e. The van der Waals surface area contributed by atoms with Gasteiger partial charge in [-0.15, -0.1) is 16.4 Å². The third kappa shape index (κ3) is 3.17. The molecule has 9 nitrogen and oxygen atoms in total. The van der Waals surface area contributed by atoms with Crippen molar-refractivity contribution in [1.29, 1.82) is 0 Å². The Morgan fingerprint density at radius 1 is 1.48 bits per heavy atom. The van der Waals surface area contributed by atoms with E-state index in [1.165, 1.54) is 23.6 Å². The van der Waals surface area contributed by atoms with Crippen molar-refractivity contribution in [3.8, 4) is 11.3 Å². The highest BCUT2D eigenvalue weighted by Crippen LogP contribution is 2.30. The number of benzene rings is 1. The number of hydrogen-bond acceptors (Lipinski definition) is 6. The van der Waals surface area contributed by atoms with Gasteiger partial charge in [-0.25, -0.2) is 4.98 Å². The Labute approximate surface area is 144 Å². The fourth-order valence-electron chi connectivity index (χ4n) is 2.26. The number of halogens is 1. The molecule has 0 radical (unpaired) electrons. The molecule has 0 aliphatic rings. The standard InChI is InChI=1S/C14H12FN7O2S/c1-7-6-21-11(5-18-20-13(16)17)12(19-14(21)25-7)8-2-3-9(15)10(4-8)22(23)24/h2-6H,1H3,(H4,16,17,20)/b18-5+. The van der Waals surface area contributed by atoms with Crippen LogP contribution in [0, 0.1) is 22.9 Å². The molecule has 11 heteroatoms. The molecular weight excluding hydrogens is 349 g/mol. The molecule has 2 aromatic heterocycles. The Morgan fingerprint density at radius 2 is 2.24 bits per heavy atom. The van der Waals surface area contributed by atoms with Gasteiger partial charge in [-0.05, 0) is 19.1 Å². The minimum Gasteiger partial charge on any atom is -0.369 e. The number of rotatable bonds is 4. The number of nitro groups is 1. The van der Waals surface area contributed by atoms with Crippen LogP contribution in [0.25, 0.3) is 16.2 Å². The van der Waals surface area contributed by atoms with Gasteiger partial charge in [0.05, 0.1) is 22.5 Å². The van der Waals surface area contributed by atoms with Gasteiger partial charge in [0.15, 0.2) is 4.96 Å². The number of guanidine groups is 1. The fraction of sp³-hybridized carbons (Fsp3) is 0.0714. The highest BCUT2D eigenvalue weighted by Gasteiger charge is 2.20. The first kappa shape index (κ1) is 16.5. The number of thiazole rings is 1. The van der Waals surface area contributed by atoms with E-state index in [0.717, 1.165) is 17.0 Å². The molecular formula is C14H12FN7O2S. The van der Waals surface area contributed by atoms with Crippen LogP contribution in [0.1, 0.15) is 10.6 Å². The van der Waals surface area contributed by atoms with E-state index in [0.29, 0.717) is 21.9 Å². The molecule has 0 bridgehead atoms. The Kier molecular flexibility index (Phi) is 4.15. The average molecular weight is 361 g/mol. The Morgan fingerprint density at radius 3 is 2.92 bits per heavy atom. The van der Waals surface area contributed by atoms with Crippen molar-refractivity contribution in [2.75, 3.05) is 0 Å². The molecule has 2 heterocycles. The molecule has 0 atom stereocenters. The summed E-state index contributed by atoms with van der Waals surface area (Å²) in [5.74, 6) is -1.13. The molecule has 25 heavy (non-hydrogen) atoms. The van der Waals surface area contributed by atoms with Gasteiger partial charge in [0.25, 0.3) is 0 Å². The number of nitro benzene ring substituents is 1. The third-order valence-corrected chi connectivity index (χ3v) is 4.15. The van der Waals surface area contributed by atoms with Crippen molar-refractivity contribution in [1.82, 2.24) is 9.38 Å². The average Bonchev–Trinajstić information content (AvgIpc) is 3.04. The first-order chi connectivity index (χ1) is 11.9. The van der Waals surface area contributed by atoms with Crippen LogP contribution >= 0.6 is 11.3 Å². The summed E-state index contributed by atoms with van der Waals surface area (Å²) < 4.78 is 15.3. The minimum absolute atomic E-state index is 0.211. The number of nitrogens with zero attached hydrogens (tertiary/aromatic N) is 5. The number of fused-ring (bicyclic) bond motifs is 1. The van der Waals surface area contributed by atoms with Crippen molar-refractivity contribution in [2.24, 2.45) is 21.7 Å². The maximum absolute atomic E-state index is 13.6. The van der Waals surface area contributed by atoms with E-state index >= 15 is 0 Å². The lowest BCUT2D eigenvalue weighted by molar-refractivity contribution is -0.387. The van der Waals surface area contributed by atoms with Crippen LogP contribution in [0.5, 0.6) is 0 Å². The van der Waals surface area contributed by atoms with Crippen molar-refractivity contribution >= 4 is 34.2 Å². The summed E-state index contributed by atoms with van der Waals surface area (Å²) in [6.07, 6.45) is 3.22. The second-order valence-electron chi connectivity index (χ2n) is 5.03. The Balaban J connectivity index is 2.20. The SMILES string of the molecule is Cc1cn2c(/C=N/N=C(N)N)c(-c3ccc(F)c([N+](=O)[O-])c3)nc2s1. The number of hydrogen-bond donors (Lipinski definition) is 2. The van der Waals surface area contributed by atoms with Crippen molar-refractivity contribution in [3.63, 3.8) is 0 Å². The van der Waals surface area contributed by atoms with Crippen LogP contribution in [0.3, 0.4) is 0 Å². The molecule has 0 saturated carbocycles. The molecule has 0 spiro atoms. The fourth-order valence-corrected chi connectivity index (χ4v) is 3.09. The van der Waals surface area contributed by atoms with Gasteiger partial charge in [-0.2, -0.15) is 9.49 Å². The quantitative estimate of drug-likeness (QED) is 0.317. The molecule has 128 valence electrons. The molecule has 3 aromatic rings. The van der Waals surface area contributed by atoms with E-state index in [9.17, 15) is 14.5 Å². The van der Waals surface area contributed by atoms with E-state index < -0.39 is 16.4 Å². The molecule has 0 unspecified atom stereocenters. The Bertz CT molecular complexity index is 1030. The molecule has 0 saturated heterocycles. The summed E-state index contributed by atoms with van der Waals surface area (Å²) in [4.78, 5) is 16.3. The van der Waals surface area contributed by atoms with E-state index in [1.54, 1.807) is 4.40 Å². The van der Waals surface area contributed by atoms with Gasteiger partial charge in [0.2, 0.25) is 11.8 Å². The highest BCUT2D eigenvalue weighted by molar-refractivity contribution is 7.17. The number of aromatic nitrogens is 2. The van der Waals surface area contributed by atoms with Gasteiger partial charge in [0.1, 0.15) is 0 Å². The zero-order valence-electron chi connectivity index (χ0n) is 12.9. The first-order valence-electron chi connectivity index (χ1n) is 6.91. The van der Waals surface area contributed by atoms with Crippen LogP contribution < -0.4 is 11.5 Å². The van der Waals surface area contributed by atoms with Crippen LogP contribution in [0.2, 0.25) is 0 Å². The topological polar surface area (TPSA) is 137 Å². The lowest BCUT2D eigenvalue weighted by atomic mass is 10.1. The molecule has 1 aromatic carbocycles. The zero-order valence-corrected chi connectivity index (χ0v) is 13.7. The monoisotopic (exact) mass is 361 g/mol. The summed E-state index contributed by atoms with van der Waals surface area (Å²) in [7, 11) is 0. The predicted molar refractivity (Wildman–Crippen MR) is 93.3 cm³/mol. The number of aryl methyl sites for hydroxylation is 1. The van der Waals surface area contributed by atoms with Crippen molar-refractivity contribution < 1.29 is 9.31 Å². The summed E-state index contributed by atoms with van der Waals surface area (Å²) in [6, 6.07) is 3.58. The molecule has 4 N–H and O–H groups in total. The van der Waals surface area contributed by atoms with Crippen LogP contribution in [0.15, 0.2) is 34.6 Å². The lowest BCUT2D eigenvalue weighted by Gasteiger charge is -2.01. The molecule has 0 fully saturated rings. The highest BCUT2D eigenvalue weighted by atomic mass is 32.1. The van der Waals surface area contributed by atoms with Gasteiger partial charge in [0, 0.05) is 22.7 Å². The van der Waals surface area contributed by atoms with Crippen LogP contribution in [-0.4, -0.2) is 26.5 Å². The first-order valence-corrected chi connectivity index (χ1v) is 7.73. The molecule has 0 amide bonds. The predicted octanol–water partition coefficient (Wildman–Crippen LogP) is 2.03. The third-order valence-electron chi connectivity index (χ3n) is 3.25. The normalized spacial score (nSPS) is 11.3. The molecule has 0 aliphatic carbocycles. The summed E-state index contributed by atoms with van der Waals surface area (Å²) in [5, 5.41) is 18.3. The van der Waals surface area contributed by atoms with Gasteiger partial charge < -0.3 is 11.5 Å². The summed E-state index contributed by atoms with van der Waals surface area (Å²) in [6.45, 7) is 1.92. The second kappa shape index (κ2) is 6.28. The van der Waals surface area contributed by atoms with Crippen molar-refractivity contribution in [3.05, 3.63) is 50.9 Å². The lowest BCUT2D eigenvalue weighted by Crippen LogP contribution is -2.21. The minimum atomic E-state index is -0.915. The Hall–Kier alpha value is -3.34. The molecule has 0 aliphatic heterocycles. The maximum Gasteiger partial charge on any atom is 0.305 e. The van der Waals surface area contributed by atoms with Gasteiger partial charge >= 0.3 is 5.69 Å². The number of imidazole rings is 1. The van der Waals surface area contributed by atoms with Crippen LogP contribution in [-0.2, 0) is 0 Å². The van der Waals surface area contributed by atoms with E-state index in [1.807, 2.05) is 13.1 Å². The summed E-state index contributed by atoms with van der Waals surface area (Å²) >= 11 is 1.43. The maximum atomic E-state index is 13.6. The van der Waals surface area contributed by atoms with Crippen LogP contribution in [0.4, 0.5) is 10.1 Å². The van der Waals surface area contributed by atoms with Gasteiger partial charge in [-0.3, -0.25) is 14.5 Å². The van der Waals surface area contributed by atoms with E-state index in [-0.39, 0.29) is 5.96 Å². The van der Waals surface area contributed by atoms with E-state index in [4.69, 9.17) is 11.5 Å². The van der Waals surface area contributed by atoms with Gasteiger partial charge in [-0.1, -0.05) is 0 Å². The molecule has 3 rings (SSSR count). The zero-order chi connectivity index (χ0) is 18.1. The largest absolute Gasteiger partial charge is 0.369 e. The number of nitrogens with two attached hydrogens (primary N) is 2. The van der Waals surface area contributed by atoms with E-state index in [2.05, 4.69) is 15.2 Å². The second-order valence-corrected chi connectivity index (χ2v) is 6.25.